The zero-order chi connectivity index (χ0) is 46.6. The fourth-order valence-electron chi connectivity index (χ4n) is 8.32. The van der Waals surface area contributed by atoms with E-state index in [1.165, 1.54) is 161 Å². The molecule has 0 aliphatic carbocycles. The number of aliphatic hydroxyl groups excluding tert-OH is 5. The second-order valence-electron chi connectivity index (χ2n) is 18.7. The fraction of sp³-hybridized carbons (Fsp3) is 0.836. The van der Waals surface area contributed by atoms with Crippen molar-refractivity contribution in [3.8, 4) is 0 Å². The summed E-state index contributed by atoms with van der Waals surface area (Å²) >= 11 is 0. The lowest BCUT2D eigenvalue weighted by molar-refractivity contribution is -0.302. The number of unbranched alkanes of at least 4 members (excludes halogenated alkanes) is 29. The first-order chi connectivity index (χ1) is 31.3. The summed E-state index contributed by atoms with van der Waals surface area (Å²) in [6.45, 7) is 3.74. The van der Waals surface area contributed by atoms with Crippen LogP contribution in [-0.4, -0.2) is 87.5 Å². The van der Waals surface area contributed by atoms with Gasteiger partial charge in [-0.05, 0) is 64.2 Å². The van der Waals surface area contributed by atoms with Crippen LogP contribution in [0.25, 0.3) is 0 Å². The van der Waals surface area contributed by atoms with Gasteiger partial charge in [-0.25, -0.2) is 0 Å². The highest BCUT2D eigenvalue weighted by molar-refractivity contribution is 5.76. The molecule has 0 radical (unpaired) electrons. The quantitative estimate of drug-likeness (QED) is 0.0261. The molecule has 374 valence electrons. The zero-order valence-electron chi connectivity index (χ0n) is 41.3. The maximum absolute atomic E-state index is 13.0. The van der Waals surface area contributed by atoms with E-state index in [4.69, 9.17) is 9.47 Å². The van der Waals surface area contributed by atoms with Crippen LogP contribution >= 0.6 is 0 Å². The number of hydrogen-bond donors (Lipinski definition) is 6. The van der Waals surface area contributed by atoms with Gasteiger partial charge in [0.1, 0.15) is 24.4 Å². The van der Waals surface area contributed by atoms with Gasteiger partial charge in [0.15, 0.2) is 6.29 Å². The van der Waals surface area contributed by atoms with Gasteiger partial charge in [-0.2, -0.15) is 0 Å². The third kappa shape index (κ3) is 34.5. The summed E-state index contributed by atoms with van der Waals surface area (Å²) in [6, 6.07) is -0.827. The molecule has 1 rings (SSSR count). The minimum atomic E-state index is -1.57. The van der Waals surface area contributed by atoms with Gasteiger partial charge < -0.3 is 40.3 Å². The van der Waals surface area contributed by atoms with Crippen molar-refractivity contribution in [3.05, 3.63) is 48.6 Å². The molecule has 9 nitrogen and oxygen atoms in total. The molecule has 0 aromatic heterocycles. The van der Waals surface area contributed by atoms with Crippen molar-refractivity contribution in [1.29, 1.82) is 0 Å². The molecule has 9 heteroatoms. The predicted molar refractivity (Wildman–Crippen MR) is 267 cm³/mol. The third-order valence-electron chi connectivity index (χ3n) is 12.6. The zero-order valence-corrected chi connectivity index (χ0v) is 41.3. The van der Waals surface area contributed by atoms with Crippen LogP contribution in [0.2, 0.25) is 0 Å². The average Bonchev–Trinajstić information content (AvgIpc) is 3.29. The molecule has 0 aromatic rings. The Morgan fingerprint density at radius 1 is 0.531 bits per heavy atom. The van der Waals surface area contributed by atoms with Crippen LogP contribution in [0.3, 0.4) is 0 Å². The van der Waals surface area contributed by atoms with Crippen LogP contribution < -0.4 is 5.32 Å². The van der Waals surface area contributed by atoms with E-state index in [0.717, 1.165) is 57.8 Å². The van der Waals surface area contributed by atoms with Crippen molar-refractivity contribution in [1.82, 2.24) is 5.32 Å². The van der Waals surface area contributed by atoms with Crippen LogP contribution in [0.1, 0.15) is 239 Å². The maximum Gasteiger partial charge on any atom is 0.220 e. The van der Waals surface area contributed by atoms with E-state index in [1.807, 2.05) is 6.08 Å². The van der Waals surface area contributed by atoms with Crippen molar-refractivity contribution in [2.24, 2.45) is 0 Å². The SMILES string of the molecule is CCCCC/C=C\C/C=C\CCCCCCCCCC(=O)NC(COC1OC(CO)C(O)C(O)C1O)C(O)/C=C/CC/C=C/CCCCCCCCCCCCCCCCCCCC. The maximum atomic E-state index is 13.0. The fourth-order valence-corrected chi connectivity index (χ4v) is 8.32. The molecule has 1 aliphatic heterocycles. The average molecular weight is 904 g/mol. The first kappa shape index (κ1) is 60.2. The Morgan fingerprint density at radius 3 is 1.44 bits per heavy atom. The lowest BCUT2D eigenvalue weighted by Crippen LogP contribution is -2.60. The van der Waals surface area contributed by atoms with E-state index in [-0.39, 0.29) is 12.5 Å². The van der Waals surface area contributed by atoms with Crippen molar-refractivity contribution >= 4 is 5.91 Å². The van der Waals surface area contributed by atoms with Gasteiger partial charge in [0.2, 0.25) is 5.91 Å². The van der Waals surface area contributed by atoms with Crippen molar-refractivity contribution in [2.45, 2.75) is 281 Å². The second kappa shape index (κ2) is 45.0. The molecule has 7 atom stereocenters. The number of carbonyl (C=O) groups excluding carboxylic acids is 1. The van der Waals surface area contributed by atoms with Crippen LogP contribution in [0, 0.1) is 0 Å². The normalized spacial score (nSPS) is 20.4. The van der Waals surface area contributed by atoms with Crippen LogP contribution in [-0.2, 0) is 14.3 Å². The summed E-state index contributed by atoms with van der Waals surface area (Å²) < 4.78 is 11.2. The number of ether oxygens (including phenoxy) is 2. The standard InChI is InChI=1S/C55H101NO8/c1-3-5-7-9-11-13-15-17-19-21-22-23-24-25-26-27-29-30-32-34-36-38-40-42-44-49(58)48(47-63-55-54(62)53(61)52(60)50(46-57)64-55)56-51(59)45-43-41-39-37-35-33-31-28-20-18-16-14-12-10-8-6-4-2/h12,14,18,20,34,36,42,44,48-50,52-55,57-58,60-62H,3-11,13,15-17,19,21-33,35,37-41,43,45-47H2,1-2H3,(H,56,59)/b14-12-,20-18-,36-34+,44-42+. The highest BCUT2D eigenvalue weighted by Gasteiger charge is 2.44. The van der Waals surface area contributed by atoms with Crippen molar-refractivity contribution in [2.75, 3.05) is 13.2 Å². The number of nitrogens with one attached hydrogen (secondary N) is 1. The van der Waals surface area contributed by atoms with E-state index >= 15 is 0 Å². The molecule has 1 heterocycles. The van der Waals surface area contributed by atoms with E-state index in [2.05, 4.69) is 55.6 Å². The van der Waals surface area contributed by atoms with Crippen LogP contribution in [0.4, 0.5) is 0 Å². The Kier molecular flexibility index (Phi) is 42.3. The lowest BCUT2D eigenvalue weighted by Gasteiger charge is -2.40. The molecule has 1 saturated heterocycles. The molecule has 1 aliphatic rings. The summed E-state index contributed by atoms with van der Waals surface area (Å²) in [7, 11) is 0. The van der Waals surface area contributed by atoms with E-state index in [9.17, 15) is 30.3 Å². The van der Waals surface area contributed by atoms with Crippen LogP contribution in [0.5, 0.6) is 0 Å². The Balaban J connectivity index is 2.29. The molecule has 0 spiro atoms. The topological polar surface area (TPSA) is 149 Å². The van der Waals surface area contributed by atoms with Gasteiger partial charge >= 0.3 is 0 Å². The predicted octanol–water partition coefficient (Wildman–Crippen LogP) is 12.6. The van der Waals surface area contributed by atoms with E-state index in [0.29, 0.717) is 6.42 Å². The van der Waals surface area contributed by atoms with Gasteiger partial charge in [-0.3, -0.25) is 4.79 Å². The first-order valence-electron chi connectivity index (χ1n) is 26.9. The van der Waals surface area contributed by atoms with Crippen LogP contribution in [0.15, 0.2) is 48.6 Å². The monoisotopic (exact) mass is 904 g/mol. The summed E-state index contributed by atoms with van der Waals surface area (Å²) in [6.07, 6.45) is 51.7. The van der Waals surface area contributed by atoms with Crippen molar-refractivity contribution in [3.63, 3.8) is 0 Å². The van der Waals surface area contributed by atoms with E-state index in [1.54, 1.807) is 6.08 Å². The van der Waals surface area contributed by atoms with Crippen molar-refractivity contribution < 1.29 is 39.8 Å². The Bertz CT molecular complexity index is 1140. The molecule has 1 fully saturated rings. The molecule has 64 heavy (non-hydrogen) atoms. The van der Waals surface area contributed by atoms with E-state index < -0.39 is 49.5 Å². The van der Waals surface area contributed by atoms with Gasteiger partial charge in [0.25, 0.3) is 0 Å². The molecule has 6 N–H and O–H groups in total. The Labute approximate surface area is 393 Å². The summed E-state index contributed by atoms with van der Waals surface area (Å²) in [4.78, 5) is 13.0. The Hall–Kier alpha value is -1.85. The summed E-state index contributed by atoms with van der Waals surface area (Å²) in [5.41, 5.74) is 0. The number of amides is 1. The number of aliphatic hydroxyl groups is 5. The molecule has 7 unspecified atom stereocenters. The van der Waals surface area contributed by atoms with Gasteiger partial charge in [0.05, 0.1) is 25.4 Å². The molecular formula is C55H101NO8. The minimum absolute atomic E-state index is 0.194. The second-order valence-corrected chi connectivity index (χ2v) is 18.7. The molecular weight excluding hydrogens is 803 g/mol. The number of hydrogen-bond acceptors (Lipinski definition) is 8. The summed E-state index contributed by atoms with van der Waals surface area (Å²) in [5, 5.41) is 54.4. The molecule has 0 aromatic carbocycles. The molecule has 0 bridgehead atoms. The van der Waals surface area contributed by atoms with Gasteiger partial charge in [-0.1, -0.05) is 217 Å². The Morgan fingerprint density at radius 2 is 0.938 bits per heavy atom. The molecule has 0 saturated carbocycles. The smallest absolute Gasteiger partial charge is 0.220 e. The lowest BCUT2D eigenvalue weighted by atomic mass is 9.99. The highest BCUT2D eigenvalue weighted by Crippen LogP contribution is 2.23. The largest absolute Gasteiger partial charge is 0.394 e. The third-order valence-corrected chi connectivity index (χ3v) is 12.6. The number of rotatable bonds is 45. The molecule has 1 amide bonds. The van der Waals surface area contributed by atoms with Gasteiger partial charge in [-0.15, -0.1) is 0 Å². The minimum Gasteiger partial charge on any atom is -0.394 e. The number of carbonyl (C=O) groups is 1. The van der Waals surface area contributed by atoms with Gasteiger partial charge in [0, 0.05) is 6.42 Å². The summed E-state index contributed by atoms with van der Waals surface area (Å²) in [5.74, 6) is -0.194. The number of allylic oxidation sites excluding steroid dienone is 7. The first-order valence-corrected chi connectivity index (χ1v) is 26.9. The highest BCUT2D eigenvalue weighted by atomic mass is 16.7.